The molecule has 0 saturated carbocycles. The predicted octanol–water partition coefficient (Wildman–Crippen LogP) is 1.80. The molecule has 2 aromatic carbocycles. The minimum absolute atomic E-state index is 0.258. The van der Waals surface area contributed by atoms with Crippen LogP contribution in [0.2, 0.25) is 0 Å². The Morgan fingerprint density at radius 3 is 2.32 bits per heavy atom. The van der Waals surface area contributed by atoms with Gasteiger partial charge in [-0.05, 0) is 29.7 Å². The van der Waals surface area contributed by atoms with E-state index >= 15 is 0 Å². The second kappa shape index (κ2) is 10.2. The van der Waals surface area contributed by atoms with Gasteiger partial charge in [-0.15, -0.1) is 0 Å². The lowest BCUT2D eigenvalue weighted by atomic mass is 10.1. The van der Waals surface area contributed by atoms with Crippen molar-refractivity contribution < 1.29 is 14.3 Å². The molecular formula is C23H23N3O5. The third-order valence-electron chi connectivity index (χ3n) is 4.63. The molecule has 1 N–H and O–H groups in total. The number of anilines is 1. The number of benzene rings is 2. The molecule has 0 fully saturated rings. The van der Waals surface area contributed by atoms with Crippen LogP contribution in [0.15, 0.2) is 76.4 Å². The van der Waals surface area contributed by atoms with Crippen LogP contribution in [0.5, 0.6) is 0 Å². The number of nitrogens with zero attached hydrogens (tertiary/aromatic N) is 2. The molecule has 3 rings (SSSR count). The highest BCUT2D eigenvalue weighted by atomic mass is 16.5. The summed E-state index contributed by atoms with van der Waals surface area (Å²) in [5.74, 6) is -1.37. The highest BCUT2D eigenvalue weighted by Gasteiger charge is 2.13. The fourth-order valence-electron chi connectivity index (χ4n) is 2.94. The second-order valence-electron chi connectivity index (χ2n) is 6.90. The zero-order valence-electron chi connectivity index (χ0n) is 17.1. The van der Waals surface area contributed by atoms with Gasteiger partial charge < -0.3 is 10.1 Å². The fraction of sp³-hybridized carbons (Fsp3) is 0.217. The van der Waals surface area contributed by atoms with Crippen molar-refractivity contribution in [2.45, 2.75) is 26.4 Å². The maximum Gasteiger partial charge on any atom is 0.331 e. The first kappa shape index (κ1) is 21.8. The van der Waals surface area contributed by atoms with Crippen LogP contribution in [0.1, 0.15) is 18.1 Å². The average molecular weight is 421 g/mol. The number of hydrogen-bond donors (Lipinski definition) is 1. The van der Waals surface area contributed by atoms with Gasteiger partial charge >= 0.3 is 11.7 Å². The van der Waals surface area contributed by atoms with Gasteiger partial charge in [-0.1, -0.05) is 49.4 Å². The SMILES string of the molecule is CCc1ccc(NC(=O)COC(=O)Cn2c(=O)ccn(Cc3ccccc3)c2=O)cc1. The maximum absolute atomic E-state index is 12.6. The summed E-state index contributed by atoms with van der Waals surface area (Å²) in [7, 11) is 0. The lowest BCUT2D eigenvalue weighted by molar-refractivity contribution is -0.148. The van der Waals surface area contributed by atoms with E-state index in [2.05, 4.69) is 5.32 Å². The molecule has 160 valence electrons. The van der Waals surface area contributed by atoms with E-state index in [4.69, 9.17) is 4.74 Å². The number of ether oxygens (including phenoxy) is 1. The van der Waals surface area contributed by atoms with E-state index < -0.39 is 36.3 Å². The molecule has 8 nitrogen and oxygen atoms in total. The standard InChI is InChI=1S/C23H23N3O5/c1-2-17-8-10-19(11-9-17)24-20(27)16-31-22(29)15-26-21(28)12-13-25(23(26)30)14-18-6-4-3-5-7-18/h3-13H,2,14-16H2,1H3,(H,24,27). The van der Waals surface area contributed by atoms with E-state index in [1.54, 1.807) is 12.1 Å². The molecule has 0 radical (unpaired) electrons. The highest BCUT2D eigenvalue weighted by molar-refractivity contribution is 5.92. The Balaban J connectivity index is 1.59. The molecule has 0 atom stereocenters. The van der Waals surface area contributed by atoms with Crippen LogP contribution >= 0.6 is 0 Å². The Morgan fingerprint density at radius 1 is 0.935 bits per heavy atom. The second-order valence-corrected chi connectivity index (χ2v) is 6.90. The van der Waals surface area contributed by atoms with Gasteiger partial charge in [0.1, 0.15) is 6.54 Å². The first-order valence-electron chi connectivity index (χ1n) is 9.85. The molecule has 31 heavy (non-hydrogen) atoms. The quantitative estimate of drug-likeness (QED) is 0.559. The number of nitrogens with one attached hydrogen (secondary N) is 1. The van der Waals surface area contributed by atoms with Gasteiger partial charge in [-0.25, -0.2) is 9.36 Å². The summed E-state index contributed by atoms with van der Waals surface area (Å²) in [6.07, 6.45) is 2.27. The minimum atomic E-state index is -0.854. The molecule has 0 spiro atoms. The van der Waals surface area contributed by atoms with Crippen LogP contribution < -0.4 is 16.6 Å². The van der Waals surface area contributed by atoms with Gasteiger partial charge in [-0.3, -0.25) is 19.0 Å². The van der Waals surface area contributed by atoms with Crippen molar-refractivity contribution in [3.63, 3.8) is 0 Å². The molecule has 0 aliphatic heterocycles. The number of aromatic nitrogens is 2. The summed E-state index contributed by atoms with van der Waals surface area (Å²) in [5, 5.41) is 2.62. The first-order valence-corrected chi connectivity index (χ1v) is 9.85. The molecule has 8 heteroatoms. The maximum atomic E-state index is 12.6. The lowest BCUT2D eigenvalue weighted by Gasteiger charge is -2.10. The van der Waals surface area contributed by atoms with Gasteiger partial charge in [-0.2, -0.15) is 0 Å². The van der Waals surface area contributed by atoms with Crippen molar-refractivity contribution in [3.05, 3.63) is 98.8 Å². The van der Waals surface area contributed by atoms with E-state index in [0.29, 0.717) is 5.69 Å². The molecule has 0 unspecified atom stereocenters. The Kier molecular flexibility index (Phi) is 7.16. The van der Waals surface area contributed by atoms with Gasteiger partial charge in [0.2, 0.25) is 0 Å². The molecule has 1 amide bonds. The van der Waals surface area contributed by atoms with Crippen molar-refractivity contribution in [1.82, 2.24) is 9.13 Å². The number of aryl methyl sites for hydroxylation is 1. The Hall–Kier alpha value is -3.94. The summed E-state index contributed by atoms with van der Waals surface area (Å²) >= 11 is 0. The Labute approximate surface area is 178 Å². The third-order valence-corrected chi connectivity index (χ3v) is 4.63. The van der Waals surface area contributed by atoms with Gasteiger partial charge in [0, 0.05) is 18.0 Å². The molecular weight excluding hydrogens is 398 g/mol. The summed E-state index contributed by atoms with van der Waals surface area (Å²) in [6, 6.07) is 17.8. The Morgan fingerprint density at radius 2 is 1.65 bits per heavy atom. The van der Waals surface area contributed by atoms with E-state index in [9.17, 15) is 19.2 Å². The van der Waals surface area contributed by atoms with E-state index in [0.717, 1.165) is 22.1 Å². The third kappa shape index (κ3) is 6.02. The van der Waals surface area contributed by atoms with Crippen molar-refractivity contribution in [2.75, 3.05) is 11.9 Å². The molecule has 3 aromatic rings. The number of hydrogen-bond acceptors (Lipinski definition) is 5. The van der Waals surface area contributed by atoms with Crippen molar-refractivity contribution in [1.29, 1.82) is 0 Å². The van der Waals surface area contributed by atoms with Crippen LogP contribution in [0, 0.1) is 0 Å². The molecule has 0 aliphatic carbocycles. The van der Waals surface area contributed by atoms with Crippen LogP contribution in [-0.4, -0.2) is 27.6 Å². The summed E-state index contributed by atoms with van der Waals surface area (Å²) in [4.78, 5) is 48.8. The molecule has 0 saturated heterocycles. The number of carbonyl (C=O) groups excluding carboxylic acids is 2. The Bertz CT molecular complexity index is 1160. The minimum Gasteiger partial charge on any atom is -0.454 e. The van der Waals surface area contributed by atoms with E-state index in [1.165, 1.54) is 16.8 Å². The van der Waals surface area contributed by atoms with Crippen molar-refractivity contribution in [2.24, 2.45) is 0 Å². The average Bonchev–Trinajstić information content (AvgIpc) is 2.78. The monoisotopic (exact) mass is 421 g/mol. The number of amides is 1. The zero-order valence-corrected chi connectivity index (χ0v) is 17.1. The molecule has 1 heterocycles. The lowest BCUT2D eigenvalue weighted by Crippen LogP contribution is -2.41. The predicted molar refractivity (Wildman–Crippen MR) is 116 cm³/mol. The molecule has 0 bridgehead atoms. The summed E-state index contributed by atoms with van der Waals surface area (Å²) < 4.78 is 7.05. The van der Waals surface area contributed by atoms with Crippen LogP contribution in [0.3, 0.4) is 0 Å². The van der Waals surface area contributed by atoms with Gasteiger partial charge in [0.05, 0.1) is 6.54 Å². The fourth-order valence-corrected chi connectivity index (χ4v) is 2.94. The zero-order chi connectivity index (χ0) is 22.2. The topological polar surface area (TPSA) is 99.4 Å². The summed E-state index contributed by atoms with van der Waals surface area (Å²) in [5.41, 5.74) is 1.35. The van der Waals surface area contributed by atoms with Crippen LogP contribution in [0.25, 0.3) is 0 Å². The normalized spacial score (nSPS) is 10.5. The highest BCUT2D eigenvalue weighted by Crippen LogP contribution is 2.09. The van der Waals surface area contributed by atoms with Gasteiger partial charge in [0.25, 0.3) is 11.5 Å². The van der Waals surface area contributed by atoms with E-state index in [1.807, 2.05) is 49.4 Å². The van der Waals surface area contributed by atoms with E-state index in [-0.39, 0.29) is 6.54 Å². The van der Waals surface area contributed by atoms with Crippen LogP contribution in [-0.2, 0) is 33.8 Å². The first-order chi connectivity index (χ1) is 15.0. The molecule has 0 aliphatic rings. The molecule has 1 aromatic heterocycles. The van der Waals surface area contributed by atoms with Gasteiger partial charge in [0.15, 0.2) is 6.61 Å². The van der Waals surface area contributed by atoms with Crippen LogP contribution in [0.4, 0.5) is 5.69 Å². The summed E-state index contributed by atoms with van der Waals surface area (Å²) in [6.45, 7) is 1.19. The smallest absolute Gasteiger partial charge is 0.331 e. The largest absolute Gasteiger partial charge is 0.454 e. The number of esters is 1. The van der Waals surface area contributed by atoms with Crippen molar-refractivity contribution in [3.8, 4) is 0 Å². The number of carbonyl (C=O) groups is 2. The van der Waals surface area contributed by atoms with Crippen molar-refractivity contribution >= 4 is 17.6 Å². The number of rotatable bonds is 8.